The lowest BCUT2D eigenvalue weighted by molar-refractivity contribution is 0.0696. The number of benzene rings is 3. The van der Waals surface area contributed by atoms with Gasteiger partial charge in [0.1, 0.15) is 17.5 Å². The molecule has 3 aromatic carbocycles. The Hall–Kier alpha value is -3.42. The van der Waals surface area contributed by atoms with Gasteiger partial charge in [-0.2, -0.15) is 0 Å². The van der Waals surface area contributed by atoms with E-state index in [4.69, 9.17) is 0 Å². The number of nitrogens with zero attached hydrogens (tertiary/aromatic N) is 1. The van der Waals surface area contributed by atoms with E-state index in [1.165, 1.54) is 24.3 Å². The van der Waals surface area contributed by atoms with Crippen LogP contribution in [0.4, 0.5) is 17.6 Å². The standard InChI is InChI=1S/C32H29F4NO2.ClH/c1-19-12-23(13-20-17-37(18-20)11-3-10-33)29(35)16-28(19)31-25-8-6-22(32(38)39)14-21(25)4-2-5-27(31)26-9-7-24(34)15-30(26)36;/h6-9,12-16H,2-5,10-11,17-18H2,1H3,(H,38,39);1H. The monoisotopic (exact) mass is 571 g/mol. The summed E-state index contributed by atoms with van der Waals surface area (Å²) in [6.45, 7) is 3.55. The Labute approximate surface area is 237 Å². The van der Waals surface area contributed by atoms with E-state index < -0.39 is 23.4 Å². The molecule has 0 spiro atoms. The van der Waals surface area contributed by atoms with Crippen LogP contribution < -0.4 is 0 Å². The van der Waals surface area contributed by atoms with Crippen LogP contribution >= 0.6 is 12.4 Å². The number of allylic oxidation sites excluding steroid dienone is 1. The van der Waals surface area contributed by atoms with Crippen molar-refractivity contribution in [3.8, 4) is 0 Å². The van der Waals surface area contributed by atoms with E-state index in [0.717, 1.165) is 22.8 Å². The van der Waals surface area contributed by atoms with Crippen molar-refractivity contribution >= 4 is 35.6 Å². The highest BCUT2D eigenvalue weighted by atomic mass is 35.5. The number of likely N-dealkylation sites (tertiary alicyclic amines) is 1. The quantitative estimate of drug-likeness (QED) is 0.293. The van der Waals surface area contributed by atoms with Crippen LogP contribution in [0, 0.1) is 24.4 Å². The van der Waals surface area contributed by atoms with Gasteiger partial charge in [-0.25, -0.2) is 18.0 Å². The van der Waals surface area contributed by atoms with Gasteiger partial charge in [-0.1, -0.05) is 12.1 Å². The molecule has 0 amide bonds. The third-order valence-electron chi connectivity index (χ3n) is 7.49. The van der Waals surface area contributed by atoms with Crippen LogP contribution in [-0.4, -0.2) is 42.3 Å². The molecule has 5 rings (SSSR count). The Morgan fingerprint density at radius 2 is 1.70 bits per heavy atom. The Morgan fingerprint density at radius 1 is 0.950 bits per heavy atom. The Kier molecular flexibility index (Phi) is 9.16. The molecule has 0 radical (unpaired) electrons. The first kappa shape index (κ1) is 29.6. The number of carboxylic acid groups (broad SMARTS) is 1. The van der Waals surface area contributed by atoms with E-state index in [1.54, 1.807) is 18.2 Å². The maximum absolute atomic E-state index is 15.6. The summed E-state index contributed by atoms with van der Waals surface area (Å²) < 4.78 is 56.9. The smallest absolute Gasteiger partial charge is 0.335 e. The summed E-state index contributed by atoms with van der Waals surface area (Å²) in [7, 11) is 0. The number of hydrogen-bond donors (Lipinski definition) is 1. The average Bonchev–Trinajstić information content (AvgIpc) is 3.06. The van der Waals surface area contributed by atoms with Gasteiger partial charge in [0.25, 0.3) is 0 Å². The topological polar surface area (TPSA) is 40.5 Å². The first-order chi connectivity index (χ1) is 18.7. The van der Waals surface area contributed by atoms with Crippen LogP contribution in [0.2, 0.25) is 0 Å². The van der Waals surface area contributed by atoms with Crippen molar-refractivity contribution < 1.29 is 27.5 Å². The number of fused-ring (bicyclic) bond motifs is 1. The van der Waals surface area contributed by atoms with E-state index in [9.17, 15) is 18.7 Å². The molecule has 0 bridgehead atoms. The zero-order valence-electron chi connectivity index (χ0n) is 22.1. The van der Waals surface area contributed by atoms with E-state index in [1.807, 2.05) is 13.0 Å². The Bertz CT molecular complexity index is 1510. The van der Waals surface area contributed by atoms with Crippen molar-refractivity contribution in [3.05, 3.63) is 110 Å². The second-order valence-corrected chi connectivity index (χ2v) is 10.3. The van der Waals surface area contributed by atoms with Gasteiger partial charge in [0, 0.05) is 36.8 Å². The summed E-state index contributed by atoms with van der Waals surface area (Å²) in [5.74, 6) is -2.85. The minimum atomic E-state index is -1.05. The average molecular weight is 572 g/mol. The van der Waals surface area contributed by atoms with Crippen molar-refractivity contribution in [2.24, 2.45) is 0 Å². The van der Waals surface area contributed by atoms with Gasteiger partial charge >= 0.3 is 5.97 Å². The van der Waals surface area contributed by atoms with Crippen LogP contribution in [0.1, 0.15) is 63.0 Å². The van der Waals surface area contributed by atoms with Crippen LogP contribution in [0.3, 0.4) is 0 Å². The number of halogens is 5. The molecule has 40 heavy (non-hydrogen) atoms. The van der Waals surface area contributed by atoms with Crippen molar-refractivity contribution in [1.82, 2.24) is 4.90 Å². The van der Waals surface area contributed by atoms with E-state index in [2.05, 4.69) is 4.90 Å². The fraction of sp³-hybridized carbons (Fsp3) is 0.281. The molecule has 0 saturated carbocycles. The first-order valence-corrected chi connectivity index (χ1v) is 13.1. The first-order valence-electron chi connectivity index (χ1n) is 13.1. The third kappa shape index (κ3) is 6.01. The largest absolute Gasteiger partial charge is 0.478 e. The number of hydrogen-bond acceptors (Lipinski definition) is 2. The molecule has 8 heteroatoms. The summed E-state index contributed by atoms with van der Waals surface area (Å²) in [6.07, 6.45) is 3.95. The second-order valence-electron chi connectivity index (χ2n) is 10.3. The predicted molar refractivity (Wildman–Crippen MR) is 152 cm³/mol. The lowest BCUT2D eigenvalue weighted by Crippen LogP contribution is -2.40. The molecule has 210 valence electrons. The van der Waals surface area contributed by atoms with Crippen molar-refractivity contribution in [3.63, 3.8) is 0 Å². The lowest BCUT2D eigenvalue weighted by atomic mass is 9.84. The summed E-state index contributed by atoms with van der Waals surface area (Å²) >= 11 is 0. The van der Waals surface area contributed by atoms with E-state index in [0.29, 0.717) is 73.2 Å². The molecular weight excluding hydrogens is 542 g/mol. The molecule has 3 aromatic rings. The molecule has 1 aliphatic carbocycles. The molecule has 0 unspecified atom stereocenters. The predicted octanol–water partition coefficient (Wildman–Crippen LogP) is 7.89. The molecule has 1 heterocycles. The van der Waals surface area contributed by atoms with Gasteiger partial charge < -0.3 is 5.11 Å². The highest BCUT2D eigenvalue weighted by Crippen LogP contribution is 2.42. The van der Waals surface area contributed by atoms with Crippen molar-refractivity contribution in [1.29, 1.82) is 0 Å². The molecule has 3 nitrogen and oxygen atoms in total. The van der Waals surface area contributed by atoms with Gasteiger partial charge in [0.05, 0.1) is 12.2 Å². The minimum Gasteiger partial charge on any atom is -0.478 e. The van der Waals surface area contributed by atoms with E-state index in [-0.39, 0.29) is 30.2 Å². The fourth-order valence-electron chi connectivity index (χ4n) is 5.60. The molecule has 2 aliphatic rings. The SMILES string of the molecule is Cc1cc(C=C2CN(CCCF)C2)c(F)cc1C1=C(c2ccc(F)cc2F)CCCc2cc(C(=O)O)ccc21.Cl. The molecule has 1 N–H and O–H groups in total. The van der Waals surface area contributed by atoms with Crippen molar-refractivity contribution in [2.75, 3.05) is 26.3 Å². The summed E-state index contributed by atoms with van der Waals surface area (Å²) in [4.78, 5) is 13.7. The maximum Gasteiger partial charge on any atom is 0.335 e. The second kappa shape index (κ2) is 12.4. The van der Waals surface area contributed by atoms with Crippen LogP contribution in [0.25, 0.3) is 17.2 Å². The molecule has 0 atom stereocenters. The maximum atomic E-state index is 15.6. The minimum absolute atomic E-state index is 0. The van der Waals surface area contributed by atoms with Gasteiger partial charge in [-0.05, 0) is 108 Å². The normalized spacial score (nSPS) is 15.2. The van der Waals surface area contributed by atoms with Gasteiger partial charge in [-0.15, -0.1) is 12.4 Å². The zero-order valence-corrected chi connectivity index (χ0v) is 22.9. The number of aryl methyl sites for hydroxylation is 2. The highest BCUT2D eigenvalue weighted by molar-refractivity contribution is 6.01. The number of carboxylic acids is 1. The molecule has 1 saturated heterocycles. The van der Waals surface area contributed by atoms with Gasteiger partial charge in [0.15, 0.2) is 0 Å². The lowest BCUT2D eigenvalue weighted by Gasteiger charge is -2.33. The number of rotatable bonds is 7. The molecule has 1 fully saturated rings. The number of alkyl halides is 1. The Morgan fingerprint density at radius 3 is 2.40 bits per heavy atom. The molecule has 0 aromatic heterocycles. The Balaban J connectivity index is 0.00000370. The number of carbonyl (C=O) groups is 1. The molecule has 1 aliphatic heterocycles. The summed E-state index contributed by atoms with van der Waals surface area (Å²) in [6, 6.07) is 11.5. The summed E-state index contributed by atoms with van der Waals surface area (Å²) in [5, 5.41) is 9.53. The zero-order chi connectivity index (χ0) is 27.7. The number of aromatic carboxylic acids is 1. The van der Waals surface area contributed by atoms with Crippen LogP contribution in [-0.2, 0) is 6.42 Å². The summed E-state index contributed by atoms with van der Waals surface area (Å²) in [5.41, 5.74) is 6.03. The van der Waals surface area contributed by atoms with Crippen LogP contribution in [0.15, 0.2) is 54.1 Å². The van der Waals surface area contributed by atoms with Crippen molar-refractivity contribution in [2.45, 2.75) is 32.6 Å². The van der Waals surface area contributed by atoms with E-state index >= 15 is 8.78 Å². The third-order valence-corrected chi connectivity index (χ3v) is 7.49. The van der Waals surface area contributed by atoms with Gasteiger partial charge in [-0.3, -0.25) is 9.29 Å². The fourth-order valence-corrected chi connectivity index (χ4v) is 5.60. The van der Waals surface area contributed by atoms with Gasteiger partial charge in [0.2, 0.25) is 0 Å². The highest BCUT2D eigenvalue weighted by Gasteiger charge is 2.25. The van der Waals surface area contributed by atoms with Crippen LogP contribution in [0.5, 0.6) is 0 Å². The molecular formula is C32H30ClF4NO2.